The van der Waals surface area contributed by atoms with Crippen LogP contribution in [0.15, 0.2) is 0 Å². The Bertz CT molecular complexity index is 423. The summed E-state index contributed by atoms with van der Waals surface area (Å²) in [5.74, 6) is 0.0110. The zero-order chi connectivity index (χ0) is 21.3. The molecule has 6 N–H and O–H groups in total. The summed E-state index contributed by atoms with van der Waals surface area (Å²) in [7, 11) is 0. The third-order valence-corrected chi connectivity index (χ3v) is 4.59. The van der Waals surface area contributed by atoms with Gasteiger partial charge in [-0.2, -0.15) is 12.6 Å². The third-order valence-electron chi connectivity index (χ3n) is 3.82. The second-order valence-corrected chi connectivity index (χ2v) is 8.50. The van der Waals surface area contributed by atoms with Gasteiger partial charge in [-0.3, -0.25) is 9.59 Å². The standard InChI is InChI=1S/C12H25N3O2.C6H12BrNOS/c1-12(2,6-8-16)11(17)15-7-4-3-5-10(14)9-13;1-5(10)2-3-8-6(9)4-7/h9-10,13,16H,3-8,14H2,1-2H3,(H,15,17);5,10H,2-4H2,1H3,(H,8,9). The van der Waals surface area contributed by atoms with Crippen molar-refractivity contribution in [3.05, 3.63) is 0 Å². The molecule has 0 aromatic carbocycles. The molecule has 9 heteroatoms. The molecular formula is C18H37BrN4O3S. The van der Waals surface area contributed by atoms with E-state index in [0.29, 0.717) is 23.5 Å². The highest BCUT2D eigenvalue weighted by molar-refractivity contribution is 9.09. The van der Waals surface area contributed by atoms with Crippen molar-refractivity contribution in [2.45, 2.75) is 64.2 Å². The van der Waals surface area contributed by atoms with Crippen LogP contribution in [0.3, 0.4) is 0 Å². The van der Waals surface area contributed by atoms with Crippen LogP contribution in [0.5, 0.6) is 0 Å². The van der Waals surface area contributed by atoms with Gasteiger partial charge in [-0.25, -0.2) is 0 Å². The second kappa shape index (κ2) is 17.5. The Labute approximate surface area is 177 Å². The fourth-order valence-electron chi connectivity index (χ4n) is 1.89. The molecule has 0 rings (SSSR count). The van der Waals surface area contributed by atoms with Crippen molar-refractivity contribution in [2.75, 3.05) is 25.0 Å². The molecule has 160 valence electrons. The van der Waals surface area contributed by atoms with Crippen molar-refractivity contribution >= 4 is 46.6 Å². The second-order valence-electron chi connectivity index (χ2n) is 7.06. The molecule has 0 aromatic rings. The van der Waals surface area contributed by atoms with Gasteiger partial charge in [0.05, 0.1) is 5.33 Å². The Balaban J connectivity index is 0. The molecule has 0 aromatic heterocycles. The van der Waals surface area contributed by atoms with Crippen LogP contribution in [0, 0.1) is 10.8 Å². The largest absolute Gasteiger partial charge is 0.396 e. The number of thiol groups is 1. The number of unbranched alkanes of at least 4 members (excludes halogenated alkanes) is 1. The number of alkyl halides is 1. The summed E-state index contributed by atoms with van der Waals surface area (Å²) in [4.78, 5) is 22.3. The van der Waals surface area contributed by atoms with Crippen LogP contribution in [0.4, 0.5) is 0 Å². The van der Waals surface area contributed by atoms with Gasteiger partial charge in [-0.05, 0) is 32.1 Å². The lowest BCUT2D eigenvalue weighted by molar-refractivity contribution is -0.130. The molecule has 0 aliphatic rings. The quantitative estimate of drug-likeness (QED) is 0.106. The lowest BCUT2D eigenvalue weighted by Crippen LogP contribution is -2.38. The first kappa shape index (κ1) is 28.6. The summed E-state index contributed by atoms with van der Waals surface area (Å²) in [6.07, 6.45) is 5.17. The summed E-state index contributed by atoms with van der Waals surface area (Å²) >= 11 is 7.22. The van der Waals surface area contributed by atoms with Crippen molar-refractivity contribution in [2.24, 2.45) is 11.1 Å². The molecule has 0 radical (unpaired) electrons. The first-order valence-corrected chi connectivity index (χ1v) is 10.9. The maximum absolute atomic E-state index is 11.7. The summed E-state index contributed by atoms with van der Waals surface area (Å²) in [6, 6.07) is -0.170. The molecule has 2 amide bonds. The predicted molar refractivity (Wildman–Crippen MR) is 119 cm³/mol. The number of nitrogens with one attached hydrogen (secondary N) is 3. The molecule has 0 aliphatic carbocycles. The van der Waals surface area contributed by atoms with Gasteiger partial charge in [0, 0.05) is 42.6 Å². The molecule has 2 atom stereocenters. The Morgan fingerprint density at radius 3 is 2.37 bits per heavy atom. The molecule has 27 heavy (non-hydrogen) atoms. The number of hydrogen-bond donors (Lipinski definition) is 6. The fourth-order valence-corrected chi connectivity index (χ4v) is 2.22. The van der Waals surface area contributed by atoms with Crippen molar-refractivity contribution in [1.29, 1.82) is 5.41 Å². The topological polar surface area (TPSA) is 128 Å². The maximum Gasteiger partial charge on any atom is 0.230 e. The molecular weight excluding hydrogens is 432 g/mol. The zero-order valence-electron chi connectivity index (χ0n) is 16.8. The highest BCUT2D eigenvalue weighted by Crippen LogP contribution is 2.19. The van der Waals surface area contributed by atoms with Crippen LogP contribution in [0.2, 0.25) is 0 Å². The summed E-state index contributed by atoms with van der Waals surface area (Å²) < 4.78 is 0. The zero-order valence-corrected chi connectivity index (χ0v) is 19.2. The number of carbonyl (C=O) groups excluding carboxylic acids is 2. The van der Waals surface area contributed by atoms with Crippen molar-refractivity contribution in [3.8, 4) is 0 Å². The molecule has 0 saturated heterocycles. The van der Waals surface area contributed by atoms with Gasteiger partial charge >= 0.3 is 0 Å². The highest BCUT2D eigenvalue weighted by Gasteiger charge is 2.26. The number of rotatable bonds is 13. The van der Waals surface area contributed by atoms with Crippen LogP contribution < -0.4 is 16.4 Å². The summed E-state index contributed by atoms with van der Waals surface area (Å²) in [5.41, 5.74) is 5.05. The maximum atomic E-state index is 11.7. The summed E-state index contributed by atoms with van der Waals surface area (Å²) in [6.45, 7) is 7.01. The number of aliphatic hydroxyl groups excluding tert-OH is 1. The van der Waals surface area contributed by atoms with E-state index in [2.05, 4.69) is 39.2 Å². The SMILES string of the molecule is CC(C)(CCO)C(=O)NCCCCC(N)C=N.CC(S)CCNC(=O)CBr. The van der Waals surface area contributed by atoms with Crippen LogP contribution >= 0.6 is 28.6 Å². The van der Waals surface area contributed by atoms with Gasteiger partial charge in [0.15, 0.2) is 0 Å². The average Bonchev–Trinajstić information content (AvgIpc) is 2.60. The molecule has 7 nitrogen and oxygen atoms in total. The molecule has 2 unspecified atom stereocenters. The Morgan fingerprint density at radius 2 is 1.89 bits per heavy atom. The van der Waals surface area contributed by atoms with E-state index >= 15 is 0 Å². The van der Waals surface area contributed by atoms with E-state index in [4.69, 9.17) is 16.2 Å². The average molecular weight is 469 g/mol. The van der Waals surface area contributed by atoms with Gasteiger partial charge in [0.2, 0.25) is 11.8 Å². The van der Waals surface area contributed by atoms with Crippen molar-refractivity contribution in [3.63, 3.8) is 0 Å². The monoisotopic (exact) mass is 468 g/mol. The first-order valence-electron chi connectivity index (χ1n) is 9.26. The normalized spacial score (nSPS) is 13.0. The van der Waals surface area contributed by atoms with Gasteiger partial charge in [0.25, 0.3) is 0 Å². The van der Waals surface area contributed by atoms with Crippen molar-refractivity contribution < 1.29 is 14.7 Å². The number of halogens is 1. The van der Waals surface area contributed by atoms with E-state index in [-0.39, 0.29) is 24.5 Å². The van der Waals surface area contributed by atoms with Gasteiger partial charge in [-0.15, -0.1) is 0 Å². The smallest absolute Gasteiger partial charge is 0.230 e. The number of hydrogen-bond acceptors (Lipinski definition) is 6. The molecule has 0 bridgehead atoms. The number of amides is 2. The molecule has 0 spiro atoms. The Hall–Kier alpha value is -0.640. The van der Waals surface area contributed by atoms with Crippen LogP contribution in [0.1, 0.15) is 52.9 Å². The minimum atomic E-state index is -0.514. The summed E-state index contributed by atoms with van der Waals surface area (Å²) in [5, 5.41) is 22.1. The molecule has 0 heterocycles. The van der Waals surface area contributed by atoms with Crippen LogP contribution in [-0.4, -0.2) is 59.5 Å². The van der Waals surface area contributed by atoms with E-state index in [1.165, 1.54) is 6.21 Å². The predicted octanol–water partition coefficient (Wildman–Crippen LogP) is 1.86. The van der Waals surface area contributed by atoms with Crippen LogP contribution in [-0.2, 0) is 9.59 Å². The minimum absolute atomic E-state index is 0.0224. The molecule has 0 saturated carbocycles. The van der Waals surface area contributed by atoms with Crippen molar-refractivity contribution in [1.82, 2.24) is 10.6 Å². The van der Waals surface area contributed by atoms with Gasteiger partial charge in [0.1, 0.15) is 0 Å². The lowest BCUT2D eigenvalue weighted by atomic mass is 9.88. The fraction of sp³-hybridized carbons (Fsp3) is 0.833. The van der Waals surface area contributed by atoms with Gasteiger partial charge < -0.3 is 26.9 Å². The third kappa shape index (κ3) is 18.5. The lowest BCUT2D eigenvalue weighted by Gasteiger charge is -2.22. The number of carbonyl (C=O) groups is 2. The first-order chi connectivity index (χ1) is 12.6. The van der Waals surface area contributed by atoms with E-state index in [9.17, 15) is 9.59 Å². The molecule has 0 aliphatic heterocycles. The van der Waals surface area contributed by atoms with E-state index in [1.54, 1.807) is 0 Å². The molecule has 0 fully saturated rings. The van der Waals surface area contributed by atoms with E-state index < -0.39 is 5.41 Å². The van der Waals surface area contributed by atoms with E-state index in [1.807, 2.05) is 20.8 Å². The number of nitrogens with two attached hydrogens (primary N) is 1. The van der Waals surface area contributed by atoms with Gasteiger partial charge in [-0.1, -0.05) is 36.7 Å². The Morgan fingerprint density at radius 1 is 1.26 bits per heavy atom. The highest BCUT2D eigenvalue weighted by atomic mass is 79.9. The van der Waals surface area contributed by atoms with Crippen LogP contribution in [0.25, 0.3) is 0 Å². The number of aliphatic hydroxyl groups is 1. The van der Waals surface area contributed by atoms with E-state index in [0.717, 1.165) is 32.2 Å². The Kier molecular flexibility index (Phi) is 18.5. The minimum Gasteiger partial charge on any atom is -0.396 e.